The van der Waals surface area contributed by atoms with Gasteiger partial charge in [-0.15, -0.1) is 0 Å². The van der Waals surface area contributed by atoms with Gasteiger partial charge in [0.15, 0.2) is 5.65 Å². The number of aromatic nitrogens is 2. The van der Waals surface area contributed by atoms with Crippen LogP contribution in [0.4, 0.5) is 0 Å². The summed E-state index contributed by atoms with van der Waals surface area (Å²) in [5.74, 6) is -0.328. The minimum atomic E-state index is -0.530. The van der Waals surface area contributed by atoms with Crippen molar-refractivity contribution in [3.8, 4) is 0 Å². The van der Waals surface area contributed by atoms with Crippen LogP contribution in [-0.4, -0.2) is 21.0 Å². The smallest absolute Gasteiger partial charge is 0.342 e. The highest BCUT2D eigenvalue weighted by Gasteiger charge is 2.24. The third kappa shape index (κ3) is 2.34. The third-order valence-corrected chi connectivity index (χ3v) is 3.56. The molecule has 0 aliphatic heterocycles. The van der Waals surface area contributed by atoms with Gasteiger partial charge in [-0.3, -0.25) is 4.40 Å². The van der Waals surface area contributed by atoms with Gasteiger partial charge >= 0.3 is 5.97 Å². The third-order valence-electron chi connectivity index (χ3n) is 3.56. The van der Waals surface area contributed by atoms with E-state index in [4.69, 9.17) is 4.74 Å². The van der Waals surface area contributed by atoms with Crippen molar-refractivity contribution in [1.29, 1.82) is 0 Å². The summed E-state index contributed by atoms with van der Waals surface area (Å²) in [5, 5.41) is 0. The summed E-state index contributed by atoms with van der Waals surface area (Å²) >= 11 is 0. The SMILES string of the molecule is Cc1cc(C)n2c(nc3ccccc32)c1C(=O)OC(C)(C)C. The molecule has 4 heteroatoms. The average Bonchev–Trinajstić information content (AvgIpc) is 2.75. The first-order valence-electron chi connectivity index (χ1n) is 7.39. The maximum absolute atomic E-state index is 12.6. The highest BCUT2D eigenvalue weighted by atomic mass is 16.6. The molecule has 2 heterocycles. The van der Waals surface area contributed by atoms with Crippen LogP contribution in [0.1, 0.15) is 42.4 Å². The van der Waals surface area contributed by atoms with Gasteiger partial charge in [-0.2, -0.15) is 0 Å². The zero-order valence-corrected chi connectivity index (χ0v) is 13.6. The lowest BCUT2D eigenvalue weighted by molar-refractivity contribution is 0.00705. The Morgan fingerprint density at radius 1 is 1.18 bits per heavy atom. The lowest BCUT2D eigenvalue weighted by atomic mass is 10.1. The lowest BCUT2D eigenvalue weighted by Crippen LogP contribution is -2.25. The summed E-state index contributed by atoms with van der Waals surface area (Å²) in [6.45, 7) is 9.55. The fourth-order valence-corrected chi connectivity index (χ4v) is 2.76. The van der Waals surface area contributed by atoms with Crippen molar-refractivity contribution in [3.63, 3.8) is 0 Å². The number of carbonyl (C=O) groups is 1. The summed E-state index contributed by atoms with van der Waals surface area (Å²) in [7, 11) is 0. The molecule has 4 nitrogen and oxygen atoms in total. The number of imidazole rings is 1. The number of ether oxygens (including phenoxy) is 1. The molecule has 0 saturated heterocycles. The molecule has 0 spiro atoms. The molecule has 0 fully saturated rings. The van der Waals surface area contributed by atoms with Crippen LogP contribution in [0.3, 0.4) is 0 Å². The number of nitrogens with zero attached hydrogens (tertiary/aromatic N) is 2. The van der Waals surface area contributed by atoms with Gasteiger partial charge in [0, 0.05) is 5.69 Å². The fraction of sp³-hybridized carbons (Fsp3) is 0.333. The summed E-state index contributed by atoms with van der Waals surface area (Å²) in [4.78, 5) is 17.3. The Bertz CT molecular complexity index is 885. The molecule has 0 aliphatic carbocycles. The van der Waals surface area contributed by atoms with E-state index in [2.05, 4.69) is 4.98 Å². The van der Waals surface area contributed by atoms with E-state index in [0.29, 0.717) is 11.2 Å². The number of para-hydroxylation sites is 2. The molecular formula is C18H20N2O2. The molecule has 22 heavy (non-hydrogen) atoms. The van der Waals surface area contributed by atoms with E-state index in [1.807, 2.05) is 69.4 Å². The molecule has 0 aliphatic rings. The van der Waals surface area contributed by atoms with Gasteiger partial charge < -0.3 is 4.74 Å². The first-order chi connectivity index (χ1) is 10.3. The Balaban J connectivity index is 2.32. The van der Waals surface area contributed by atoms with Crippen LogP contribution < -0.4 is 0 Å². The Morgan fingerprint density at radius 2 is 1.86 bits per heavy atom. The summed E-state index contributed by atoms with van der Waals surface area (Å²) < 4.78 is 7.57. The average molecular weight is 296 g/mol. The fourth-order valence-electron chi connectivity index (χ4n) is 2.76. The molecule has 0 radical (unpaired) electrons. The summed E-state index contributed by atoms with van der Waals surface area (Å²) in [6.07, 6.45) is 0. The Hall–Kier alpha value is -2.36. The van der Waals surface area contributed by atoms with Crippen LogP contribution in [0.15, 0.2) is 30.3 Å². The van der Waals surface area contributed by atoms with E-state index < -0.39 is 5.60 Å². The number of benzene rings is 1. The standard InChI is InChI=1S/C18H20N2O2/c1-11-10-12(2)20-14-9-7-6-8-13(14)19-16(20)15(11)17(21)22-18(3,4)5/h6-10H,1-5H3. The van der Waals surface area contributed by atoms with Crippen LogP contribution in [-0.2, 0) is 4.74 Å². The number of aryl methyl sites for hydroxylation is 2. The molecule has 2 aromatic heterocycles. The minimum Gasteiger partial charge on any atom is -0.456 e. The van der Waals surface area contributed by atoms with Crippen molar-refractivity contribution < 1.29 is 9.53 Å². The summed E-state index contributed by atoms with van der Waals surface area (Å²) in [6, 6.07) is 9.89. The zero-order chi connectivity index (χ0) is 16.1. The van der Waals surface area contributed by atoms with Gasteiger partial charge in [-0.05, 0) is 58.4 Å². The maximum atomic E-state index is 12.6. The second-order valence-corrected chi connectivity index (χ2v) is 6.61. The predicted octanol–water partition coefficient (Wildman–Crippen LogP) is 4.06. The molecule has 0 unspecified atom stereocenters. The van der Waals surface area contributed by atoms with E-state index in [1.165, 1.54) is 0 Å². The monoisotopic (exact) mass is 296 g/mol. The normalized spacial score (nSPS) is 12.0. The Kier molecular flexibility index (Phi) is 3.20. The van der Waals surface area contributed by atoms with Gasteiger partial charge in [0.05, 0.1) is 11.0 Å². The van der Waals surface area contributed by atoms with Crippen LogP contribution in [0.25, 0.3) is 16.7 Å². The molecule has 0 amide bonds. The molecule has 1 aromatic carbocycles. The molecule has 3 rings (SSSR count). The highest BCUT2D eigenvalue weighted by molar-refractivity contribution is 6.00. The van der Waals surface area contributed by atoms with E-state index in [-0.39, 0.29) is 5.97 Å². The predicted molar refractivity (Wildman–Crippen MR) is 87.3 cm³/mol. The number of carbonyl (C=O) groups excluding carboxylic acids is 1. The highest BCUT2D eigenvalue weighted by Crippen LogP contribution is 2.25. The topological polar surface area (TPSA) is 43.6 Å². The summed E-state index contributed by atoms with van der Waals surface area (Å²) in [5.41, 5.74) is 4.48. The second kappa shape index (κ2) is 4.83. The van der Waals surface area contributed by atoms with Crippen LogP contribution >= 0.6 is 0 Å². The van der Waals surface area contributed by atoms with E-state index in [0.717, 1.165) is 22.3 Å². The molecule has 3 aromatic rings. The molecule has 0 atom stereocenters. The molecule has 0 N–H and O–H groups in total. The number of fused-ring (bicyclic) bond motifs is 3. The number of rotatable bonds is 1. The maximum Gasteiger partial charge on any atom is 0.342 e. The first-order valence-corrected chi connectivity index (χ1v) is 7.39. The van der Waals surface area contributed by atoms with Crippen LogP contribution in [0.2, 0.25) is 0 Å². The van der Waals surface area contributed by atoms with E-state index >= 15 is 0 Å². The van der Waals surface area contributed by atoms with Gasteiger partial charge in [-0.1, -0.05) is 12.1 Å². The number of hydrogen-bond acceptors (Lipinski definition) is 3. The quantitative estimate of drug-likeness (QED) is 0.636. The second-order valence-electron chi connectivity index (χ2n) is 6.61. The number of pyridine rings is 1. The van der Waals surface area contributed by atoms with Gasteiger partial charge in [0.25, 0.3) is 0 Å². The van der Waals surface area contributed by atoms with Crippen LogP contribution in [0.5, 0.6) is 0 Å². The van der Waals surface area contributed by atoms with Crippen molar-refractivity contribution >= 4 is 22.6 Å². The first kappa shape index (κ1) is 14.6. The molecule has 114 valence electrons. The van der Waals surface area contributed by atoms with Crippen LogP contribution in [0, 0.1) is 13.8 Å². The van der Waals surface area contributed by atoms with E-state index in [1.54, 1.807) is 0 Å². The van der Waals surface area contributed by atoms with Crippen molar-refractivity contribution in [2.24, 2.45) is 0 Å². The largest absolute Gasteiger partial charge is 0.456 e. The molecular weight excluding hydrogens is 276 g/mol. The van der Waals surface area contributed by atoms with E-state index in [9.17, 15) is 4.79 Å². The van der Waals surface area contributed by atoms with Crippen molar-refractivity contribution in [2.45, 2.75) is 40.2 Å². The Morgan fingerprint density at radius 3 is 2.55 bits per heavy atom. The molecule has 0 saturated carbocycles. The van der Waals surface area contributed by atoms with Crippen molar-refractivity contribution in [3.05, 3.63) is 47.2 Å². The zero-order valence-electron chi connectivity index (χ0n) is 13.6. The number of esters is 1. The molecule has 0 bridgehead atoms. The van der Waals surface area contributed by atoms with Gasteiger partial charge in [-0.25, -0.2) is 9.78 Å². The number of hydrogen-bond donors (Lipinski definition) is 0. The lowest BCUT2D eigenvalue weighted by Gasteiger charge is -2.20. The van der Waals surface area contributed by atoms with Crippen molar-refractivity contribution in [2.75, 3.05) is 0 Å². The van der Waals surface area contributed by atoms with Crippen molar-refractivity contribution in [1.82, 2.24) is 9.38 Å². The van der Waals surface area contributed by atoms with Gasteiger partial charge in [0.1, 0.15) is 11.2 Å². The Labute approximate surface area is 129 Å². The van der Waals surface area contributed by atoms with Gasteiger partial charge in [0.2, 0.25) is 0 Å². The minimum absolute atomic E-state index is 0.328.